The number of ether oxygens (including phenoxy) is 1. The third-order valence-corrected chi connectivity index (χ3v) is 5.00. The first-order valence-electron chi connectivity index (χ1n) is 8.97. The highest BCUT2D eigenvalue weighted by molar-refractivity contribution is 6.31. The largest absolute Gasteiger partial charge is 0.455 e. The Labute approximate surface area is 166 Å². The quantitative estimate of drug-likeness (QED) is 0.780. The minimum atomic E-state index is -0.497. The first-order valence-corrected chi connectivity index (χ1v) is 9.35. The van der Waals surface area contributed by atoms with Crippen molar-refractivity contribution in [1.82, 2.24) is 9.80 Å². The molecule has 2 fully saturated rings. The van der Waals surface area contributed by atoms with Crippen LogP contribution in [0, 0.1) is 0 Å². The second-order valence-corrected chi connectivity index (χ2v) is 7.10. The van der Waals surface area contributed by atoms with Crippen LogP contribution in [0.25, 0.3) is 0 Å². The van der Waals surface area contributed by atoms with Crippen molar-refractivity contribution in [2.75, 3.05) is 18.4 Å². The number of benzene rings is 2. The Balaban J connectivity index is 1.48. The molecule has 4 amide bonds. The van der Waals surface area contributed by atoms with Gasteiger partial charge in [0.25, 0.3) is 5.91 Å². The third kappa shape index (κ3) is 3.53. The summed E-state index contributed by atoms with van der Waals surface area (Å²) in [5, 5.41) is 3.11. The molecule has 0 aromatic heterocycles. The first kappa shape index (κ1) is 18.3. The molecule has 4 rings (SSSR count). The summed E-state index contributed by atoms with van der Waals surface area (Å²) >= 11 is 6.05. The van der Waals surface area contributed by atoms with E-state index in [9.17, 15) is 14.4 Å². The maximum Gasteiger partial charge on any atom is 0.327 e. The van der Waals surface area contributed by atoms with Crippen molar-refractivity contribution in [3.63, 3.8) is 0 Å². The number of nitrogens with zero attached hydrogens (tertiary/aromatic N) is 2. The van der Waals surface area contributed by atoms with E-state index < -0.39 is 18.0 Å². The van der Waals surface area contributed by atoms with Gasteiger partial charge in [0.1, 0.15) is 18.3 Å². The van der Waals surface area contributed by atoms with Gasteiger partial charge in [-0.2, -0.15) is 0 Å². The molecule has 2 aromatic carbocycles. The second-order valence-electron chi connectivity index (χ2n) is 6.66. The standard InChI is InChI=1S/C20H18ClN3O4/c21-13-8-9-17(28-14-5-2-1-3-6-14)15(11-13)22-18(25)12-24-19(26)16-7-4-10-23(16)20(24)27/h1-3,5-6,8-9,11,16H,4,7,10,12H2,(H,22,25). The van der Waals surface area contributed by atoms with Crippen LogP contribution >= 0.6 is 11.6 Å². The zero-order valence-corrected chi connectivity index (χ0v) is 15.7. The molecule has 7 nitrogen and oxygen atoms in total. The van der Waals surface area contributed by atoms with Crippen LogP contribution in [0.5, 0.6) is 11.5 Å². The van der Waals surface area contributed by atoms with Gasteiger partial charge >= 0.3 is 6.03 Å². The number of hydrogen-bond acceptors (Lipinski definition) is 4. The molecular formula is C20H18ClN3O4. The number of carbonyl (C=O) groups excluding carboxylic acids is 3. The van der Waals surface area contributed by atoms with Gasteiger partial charge < -0.3 is 15.0 Å². The lowest BCUT2D eigenvalue weighted by Gasteiger charge is -2.16. The maximum atomic E-state index is 12.5. The van der Waals surface area contributed by atoms with Gasteiger partial charge in [-0.05, 0) is 43.2 Å². The van der Waals surface area contributed by atoms with Crippen molar-refractivity contribution in [3.05, 3.63) is 53.6 Å². The third-order valence-electron chi connectivity index (χ3n) is 4.77. The molecule has 2 heterocycles. The van der Waals surface area contributed by atoms with Gasteiger partial charge in [-0.15, -0.1) is 0 Å². The molecule has 2 aliphatic heterocycles. The lowest BCUT2D eigenvalue weighted by Crippen LogP contribution is -2.39. The van der Waals surface area contributed by atoms with Crippen molar-refractivity contribution >= 4 is 35.1 Å². The summed E-state index contributed by atoms with van der Waals surface area (Å²) in [7, 11) is 0. The Bertz CT molecular complexity index is 912. The van der Waals surface area contributed by atoms with E-state index in [2.05, 4.69) is 5.32 Å². The monoisotopic (exact) mass is 399 g/mol. The molecule has 1 N–H and O–H groups in total. The Morgan fingerprint density at radius 3 is 2.71 bits per heavy atom. The fourth-order valence-corrected chi connectivity index (χ4v) is 3.64. The molecule has 0 spiro atoms. The molecule has 2 aromatic rings. The summed E-state index contributed by atoms with van der Waals surface area (Å²) in [5.74, 6) is 0.196. The molecule has 0 aliphatic carbocycles. The van der Waals surface area contributed by atoms with Gasteiger partial charge in [0.05, 0.1) is 5.69 Å². The number of anilines is 1. The predicted octanol–water partition coefficient (Wildman–Crippen LogP) is 3.50. The molecular weight excluding hydrogens is 382 g/mol. The van der Waals surface area contributed by atoms with Crippen molar-refractivity contribution < 1.29 is 19.1 Å². The summed E-state index contributed by atoms with van der Waals surface area (Å²) < 4.78 is 5.81. The van der Waals surface area contributed by atoms with E-state index in [-0.39, 0.29) is 12.5 Å². The van der Waals surface area contributed by atoms with Crippen LogP contribution in [0.2, 0.25) is 5.02 Å². The molecule has 2 saturated heterocycles. The minimum Gasteiger partial charge on any atom is -0.455 e. The predicted molar refractivity (Wildman–Crippen MR) is 103 cm³/mol. The van der Waals surface area contributed by atoms with Crippen LogP contribution in [0.1, 0.15) is 12.8 Å². The number of amides is 4. The van der Waals surface area contributed by atoms with Crippen LogP contribution in [-0.4, -0.2) is 46.8 Å². The average Bonchev–Trinajstić information content (AvgIpc) is 3.25. The minimum absolute atomic E-state index is 0.315. The number of nitrogens with one attached hydrogen (secondary N) is 1. The summed E-state index contributed by atoms with van der Waals surface area (Å²) in [6.45, 7) is 0.207. The maximum absolute atomic E-state index is 12.5. The average molecular weight is 400 g/mol. The smallest absolute Gasteiger partial charge is 0.327 e. The summed E-state index contributed by atoms with van der Waals surface area (Å²) in [6, 6.07) is 13.1. The molecule has 28 heavy (non-hydrogen) atoms. The number of para-hydroxylation sites is 1. The Hall–Kier alpha value is -3.06. The fraction of sp³-hybridized carbons (Fsp3) is 0.250. The number of urea groups is 1. The van der Waals surface area contributed by atoms with E-state index in [4.69, 9.17) is 16.3 Å². The molecule has 1 unspecified atom stereocenters. The van der Waals surface area contributed by atoms with Gasteiger partial charge in [-0.1, -0.05) is 29.8 Å². The van der Waals surface area contributed by atoms with Gasteiger partial charge in [-0.25, -0.2) is 4.79 Å². The number of fused-ring (bicyclic) bond motifs is 1. The SMILES string of the molecule is O=C(CN1C(=O)C2CCCN2C1=O)Nc1cc(Cl)ccc1Oc1ccccc1. The Morgan fingerprint density at radius 2 is 1.96 bits per heavy atom. The first-order chi connectivity index (χ1) is 13.5. The zero-order chi connectivity index (χ0) is 19.7. The molecule has 0 radical (unpaired) electrons. The van der Waals surface area contributed by atoms with E-state index in [1.807, 2.05) is 18.2 Å². The Kier molecular flexibility index (Phi) is 4.92. The van der Waals surface area contributed by atoms with Crippen LogP contribution in [-0.2, 0) is 9.59 Å². The topological polar surface area (TPSA) is 79.0 Å². The van der Waals surface area contributed by atoms with Crippen LogP contribution < -0.4 is 10.1 Å². The van der Waals surface area contributed by atoms with Gasteiger partial charge in [0.2, 0.25) is 5.91 Å². The molecule has 2 aliphatic rings. The van der Waals surface area contributed by atoms with E-state index in [0.29, 0.717) is 35.2 Å². The number of imide groups is 1. The van der Waals surface area contributed by atoms with Gasteiger partial charge in [0, 0.05) is 11.6 Å². The summed E-state index contributed by atoms with van der Waals surface area (Å²) in [6.07, 6.45) is 1.46. The molecule has 8 heteroatoms. The number of halogens is 1. The summed E-state index contributed by atoms with van der Waals surface area (Å²) in [4.78, 5) is 39.8. The van der Waals surface area contributed by atoms with Crippen LogP contribution in [0.15, 0.2) is 48.5 Å². The van der Waals surface area contributed by atoms with E-state index >= 15 is 0 Å². The number of hydrogen-bond donors (Lipinski definition) is 1. The lowest BCUT2D eigenvalue weighted by molar-refractivity contribution is -0.131. The van der Waals surface area contributed by atoms with Gasteiger partial charge in [0.15, 0.2) is 5.75 Å². The zero-order valence-electron chi connectivity index (χ0n) is 14.9. The highest BCUT2D eigenvalue weighted by Crippen LogP contribution is 2.32. The number of rotatable bonds is 5. The van der Waals surface area contributed by atoms with Crippen molar-refractivity contribution in [2.24, 2.45) is 0 Å². The highest BCUT2D eigenvalue weighted by Gasteiger charge is 2.47. The molecule has 1 atom stereocenters. The molecule has 0 saturated carbocycles. The second kappa shape index (κ2) is 7.52. The highest BCUT2D eigenvalue weighted by atomic mass is 35.5. The lowest BCUT2D eigenvalue weighted by atomic mass is 10.2. The summed E-state index contributed by atoms with van der Waals surface area (Å²) in [5.41, 5.74) is 0.362. The van der Waals surface area contributed by atoms with E-state index in [0.717, 1.165) is 11.3 Å². The van der Waals surface area contributed by atoms with Crippen molar-refractivity contribution in [2.45, 2.75) is 18.9 Å². The molecule has 144 valence electrons. The number of carbonyl (C=O) groups is 3. The van der Waals surface area contributed by atoms with E-state index in [1.165, 1.54) is 4.90 Å². The van der Waals surface area contributed by atoms with Crippen molar-refractivity contribution in [3.8, 4) is 11.5 Å². The molecule has 0 bridgehead atoms. The fourth-order valence-electron chi connectivity index (χ4n) is 3.46. The normalized spacial score (nSPS) is 18.4. The Morgan fingerprint density at radius 1 is 1.18 bits per heavy atom. The van der Waals surface area contributed by atoms with Gasteiger partial charge in [-0.3, -0.25) is 14.5 Å². The van der Waals surface area contributed by atoms with E-state index in [1.54, 1.807) is 30.3 Å². The van der Waals surface area contributed by atoms with Crippen LogP contribution in [0.3, 0.4) is 0 Å². The van der Waals surface area contributed by atoms with Crippen LogP contribution in [0.4, 0.5) is 10.5 Å². The van der Waals surface area contributed by atoms with Crippen molar-refractivity contribution in [1.29, 1.82) is 0 Å².